The highest BCUT2D eigenvalue weighted by Gasteiger charge is 2.03. The van der Waals surface area contributed by atoms with E-state index in [1.54, 1.807) is 0 Å². The topological polar surface area (TPSA) is 98.6 Å². The van der Waals surface area contributed by atoms with Crippen molar-refractivity contribution in [1.82, 2.24) is 10.3 Å². The van der Waals surface area contributed by atoms with Crippen molar-refractivity contribution in [2.75, 3.05) is 30.7 Å². The Morgan fingerprint density at radius 3 is 2.96 bits per heavy atom. The van der Waals surface area contributed by atoms with Crippen LogP contribution in [0, 0.1) is 0 Å². The molecule has 0 saturated heterocycles. The maximum Gasteiger partial charge on any atom is 0.215 e. The number of hydrogen-bond acceptors (Lipinski definition) is 7. The van der Waals surface area contributed by atoms with Gasteiger partial charge >= 0.3 is 0 Å². The molecule has 1 aromatic carbocycles. The molecular formula is C18H27N5O2. The fourth-order valence-electron chi connectivity index (χ4n) is 2.27. The summed E-state index contributed by atoms with van der Waals surface area (Å²) in [5, 5.41) is 10.2. The largest absolute Gasteiger partial charge is 0.494 e. The summed E-state index contributed by atoms with van der Waals surface area (Å²) in [5.41, 5.74) is 6.63. The second-order valence-corrected chi connectivity index (χ2v) is 5.80. The second-order valence-electron chi connectivity index (χ2n) is 5.80. The molecule has 0 aliphatic rings. The van der Waals surface area contributed by atoms with Crippen LogP contribution in [-0.4, -0.2) is 36.2 Å². The van der Waals surface area contributed by atoms with E-state index >= 15 is 0 Å². The number of aliphatic imine (C=N–C) groups is 1. The summed E-state index contributed by atoms with van der Waals surface area (Å²) >= 11 is 0. The first-order chi connectivity index (χ1) is 12.3. The summed E-state index contributed by atoms with van der Waals surface area (Å²) in [6, 6.07) is 7.96. The molecule has 0 atom stereocenters. The Hall–Kier alpha value is -2.57. The first-order valence-corrected chi connectivity index (χ1v) is 8.84. The van der Waals surface area contributed by atoms with Crippen LogP contribution in [-0.2, 0) is 0 Å². The van der Waals surface area contributed by atoms with E-state index in [-0.39, 0.29) is 5.82 Å². The van der Waals surface area contributed by atoms with Crippen molar-refractivity contribution in [2.45, 2.75) is 39.0 Å². The number of aromatic nitrogens is 2. The summed E-state index contributed by atoms with van der Waals surface area (Å²) in [5.74, 6) is 1.58. The lowest BCUT2D eigenvalue weighted by Crippen LogP contribution is -2.08. The van der Waals surface area contributed by atoms with Crippen LogP contribution >= 0.6 is 0 Å². The van der Waals surface area contributed by atoms with Gasteiger partial charge in [-0.1, -0.05) is 38.3 Å². The molecule has 0 fully saturated rings. The molecule has 2 aromatic rings. The Labute approximate surface area is 148 Å². The quantitative estimate of drug-likeness (QED) is 0.451. The molecule has 3 N–H and O–H groups in total. The molecule has 7 nitrogen and oxygen atoms in total. The van der Waals surface area contributed by atoms with Gasteiger partial charge < -0.3 is 15.8 Å². The van der Waals surface area contributed by atoms with Crippen molar-refractivity contribution in [3.63, 3.8) is 0 Å². The van der Waals surface area contributed by atoms with Gasteiger partial charge in [0.25, 0.3) is 0 Å². The number of benzene rings is 1. The number of hydrogen-bond donors (Lipinski definition) is 2. The standard InChI is InChI=1S/C18H27N5O2/c1-2-3-4-5-10-20-14-15-8-6-9-16(13-15)24-12-7-11-21-18-17(19)22-25-23-18/h6,8-9,13-14H,2-5,7,10-12H2,1H3,(H2,19,22)(H,21,23). The van der Waals surface area contributed by atoms with Crippen molar-refractivity contribution in [1.29, 1.82) is 0 Å². The molecule has 136 valence electrons. The fraction of sp³-hybridized carbons (Fsp3) is 0.500. The minimum Gasteiger partial charge on any atom is -0.494 e. The predicted molar refractivity (Wildman–Crippen MR) is 100 cm³/mol. The van der Waals surface area contributed by atoms with Crippen LogP contribution in [0.5, 0.6) is 5.75 Å². The van der Waals surface area contributed by atoms with E-state index in [1.165, 1.54) is 19.3 Å². The third kappa shape index (κ3) is 7.24. The summed E-state index contributed by atoms with van der Waals surface area (Å²) in [4.78, 5) is 4.48. The van der Waals surface area contributed by atoms with Gasteiger partial charge in [-0.2, -0.15) is 0 Å². The molecule has 0 aliphatic heterocycles. The molecule has 0 radical (unpaired) electrons. The van der Waals surface area contributed by atoms with Crippen LogP contribution in [0.15, 0.2) is 33.9 Å². The van der Waals surface area contributed by atoms with E-state index in [0.717, 1.165) is 30.7 Å². The number of nitrogens with one attached hydrogen (secondary N) is 1. The summed E-state index contributed by atoms with van der Waals surface area (Å²) in [6.45, 7) is 4.37. The van der Waals surface area contributed by atoms with Gasteiger partial charge in [0.05, 0.1) is 6.61 Å². The number of anilines is 2. The van der Waals surface area contributed by atoms with Gasteiger partial charge in [-0.15, -0.1) is 0 Å². The molecule has 1 aromatic heterocycles. The third-order valence-electron chi connectivity index (χ3n) is 3.64. The van der Waals surface area contributed by atoms with E-state index in [0.29, 0.717) is 19.0 Å². The highest BCUT2D eigenvalue weighted by Crippen LogP contribution is 2.13. The number of nitrogen functional groups attached to an aromatic ring is 1. The zero-order valence-corrected chi connectivity index (χ0v) is 14.8. The van der Waals surface area contributed by atoms with Crippen LogP contribution in [0.2, 0.25) is 0 Å². The molecule has 0 spiro atoms. The van der Waals surface area contributed by atoms with E-state index in [4.69, 9.17) is 10.5 Å². The average Bonchev–Trinajstić information content (AvgIpc) is 3.03. The Morgan fingerprint density at radius 1 is 1.24 bits per heavy atom. The molecule has 25 heavy (non-hydrogen) atoms. The molecule has 0 saturated carbocycles. The van der Waals surface area contributed by atoms with E-state index in [9.17, 15) is 0 Å². The van der Waals surface area contributed by atoms with Crippen LogP contribution in [0.3, 0.4) is 0 Å². The molecule has 1 heterocycles. The molecule has 0 unspecified atom stereocenters. The Bertz CT molecular complexity index is 642. The summed E-state index contributed by atoms with van der Waals surface area (Å²) in [6.07, 6.45) is 7.66. The van der Waals surface area contributed by atoms with E-state index < -0.39 is 0 Å². The number of nitrogens with zero attached hydrogens (tertiary/aromatic N) is 3. The van der Waals surface area contributed by atoms with Gasteiger partial charge in [0.15, 0.2) is 0 Å². The van der Waals surface area contributed by atoms with Crippen molar-refractivity contribution < 1.29 is 9.37 Å². The van der Waals surface area contributed by atoms with Crippen molar-refractivity contribution in [3.8, 4) is 5.75 Å². The minimum absolute atomic E-state index is 0.266. The SMILES string of the molecule is CCCCCCN=Cc1cccc(OCCCNc2nonc2N)c1. The van der Waals surface area contributed by atoms with Crippen molar-refractivity contribution in [2.24, 2.45) is 4.99 Å². The normalized spacial score (nSPS) is 11.1. The van der Waals surface area contributed by atoms with Crippen molar-refractivity contribution >= 4 is 17.9 Å². The monoisotopic (exact) mass is 345 g/mol. The Kier molecular flexibility index (Phi) is 8.31. The lowest BCUT2D eigenvalue weighted by atomic mass is 10.2. The first-order valence-electron chi connectivity index (χ1n) is 8.84. The van der Waals surface area contributed by atoms with Gasteiger partial charge in [0.2, 0.25) is 11.6 Å². The van der Waals surface area contributed by atoms with Gasteiger partial charge in [0, 0.05) is 19.3 Å². The van der Waals surface area contributed by atoms with Crippen LogP contribution < -0.4 is 15.8 Å². The zero-order chi connectivity index (χ0) is 17.7. The Morgan fingerprint density at radius 2 is 2.16 bits per heavy atom. The number of unbranched alkanes of at least 4 members (excludes halogenated alkanes) is 3. The molecule has 0 bridgehead atoms. The summed E-state index contributed by atoms with van der Waals surface area (Å²) < 4.78 is 10.3. The van der Waals surface area contributed by atoms with Crippen LogP contribution in [0.1, 0.15) is 44.6 Å². The van der Waals surface area contributed by atoms with Crippen molar-refractivity contribution in [3.05, 3.63) is 29.8 Å². The number of nitrogens with two attached hydrogens (primary N) is 1. The van der Waals surface area contributed by atoms with Crippen LogP contribution in [0.25, 0.3) is 0 Å². The molecule has 7 heteroatoms. The maximum atomic E-state index is 5.76. The van der Waals surface area contributed by atoms with Gasteiger partial charge in [-0.25, -0.2) is 4.63 Å². The minimum atomic E-state index is 0.266. The highest BCUT2D eigenvalue weighted by atomic mass is 16.6. The van der Waals surface area contributed by atoms with Crippen LogP contribution in [0.4, 0.5) is 11.6 Å². The number of ether oxygens (including phenoxy) is 1. The molecule has 2 rings (SSSR count). The first kappa shape index (κ1) is 18.8. The summed E-state index contributed by atoms with van der Waals surface area (Å²) in [7, 11) is 0. The second kappa shape index (κ2) is 11.1. The van der Waals surface area contributed by atoms with Gasteiger partial charge in [-0.05, 0) is 40.9 Å². The average molecular weight is 345 g/mol. The van der Waals surface area contributed by atoms with E-state index in [1.807, 2.05) is 30.5 Å². The molecular weight excluding hydrogens is 318 g/mol. The third-order valence-corrected chi connectivity index (χ3v) is 3.64. The maximum absolute atomic E-state index is 5.76. The van der Waals surface area contributed by atoms with Gasteiger partial charge in [-0.3, -0.25) is 4.99 Å². The Balaban J connectivity index is 1.65. The molecule has 0 amide bonds. The fourth-order valence-corrected chi connectivity index (χ4v) is 2.27. The molecule has 0 aliphatic carbocycles. The van der Waals surface area contributed by atoms with Gasteiger partial charge in [0.1, 0.15) is 5.75 Å². The zero-order valence-electron chi connectivity index (χ0n) is 14.8. The predicted octanol–water partition coefficient (Wildman–Crippen LogP) is 3.53. The number of rotatable bonds is 12. The lowest BCUT2D eigenvalue weighted by Gasteiger charge is -2.07. The van der Waals surface area contributed by atoms with E-state index in [2.05, 4.69) is 32.2 Å². The highest BCUT2D eigenvalue weighted by molar-refractivity contribution is 5.80. The lowest BCUT2D eigenvalue weighted by molar-refractivity contribution is 0.308. The smallest absolute Gasteiger partial charge is 0.215 e.